The molecule has 0 fully saturated rings. The number of aromatic hydroxyl groups is 3. The second kappa shape index (κ2) is 5.32. The van der Waals surface area contributed by atoms with E-state index in [0.717, 1.165) is 36.5 Å². The summed E-state index contributed by atoms with van der Waals surface area (Å²) in [6.07, 6.45) is 2.42. The average molecular weight is 340 g/mol. The lowest BCUT2D eigenvalue weighted by Crippen LogP contribution is -2.23. The summed E-state index contributed by atoms with van der Waals surface area (Å²) in [6, 6.07) is 4.38. The molecule has 128 valence electrons. The molecule has 1 unspecified atom stereocenters. The van der Waals surface area contributed by atoms with Crippen LogP contribution in [0.15, 0.2) is 18.2 Å². The third kappa shape index (κ3) is 2.07. The first-order valence-electron chi connectivity index (χ1n) is 8.01. The van der Waals surface area contributed by atoms with E-state index >= 15 is 0 Å². The van der Waals surface area contributed by atoms with Crippen LogP contribution in [0.1, 0.15) is 61.9 Å². The minimum absolute atomic E-state index is 0.107. The van der Waals surface area contributed by atoms with E-state index in [2.05, 4.69) is 0 Å². The third-order valence-corrected chi connectivity index (χ3v) is 5.04. The molecule has 1 atom stereocenters. The van der Waals surface area contributed by atoms with Gasteiger partial charge in [-0.1, -0.05) is 0 Å². The monoisotopic (exact) mass is 340 g/mol. The lowest BCUT2D eigenvalue weighted by atomic mass is 9.78. The number of benzene rings is 2. The number of carbonyl (C=O) groups excluding carboxylic acids is 2. The maximum Gasteiger partial charge on any atom is 0.201 e. The minimum atomic E-state index is -0.809. The predicted molar refractivity (Wildman–Crippen MR) is 87.4 cm³/mol. The van der Waals surface area contributed by atoms with Crippen molar-refractivity contribution >= 4 is 11.6 Å². The molecule has 0 saturated heterocycles. The molecular weight excluding hydrogens is 324 g/mol. The maximum absolute atomic E-state index is 12.9. The first-order chi connectivity index (χ1) is 11.9. The van der Waals surface area contributed by atoms with Gasteiger partial charge in [0.05, 0.1) is 11.7 Å². The van der Waals surface area contributed by atoms with Crippen LogP contribution in [0.4, 0.5) is 0 Å². The first kappa shape index (κ1) is 15.7. The Morgan fingerprint density at radius 2 is 1.68 bits per heavy atom. The van der Waals surface area contributed by atoms with E-state index in [9.17, 15) is 24.9 Å². The standard InChI is InChI=1S/C19H16O6/c1-25-14-4-2-3-8-5-10-11(6-9(8)14)17(22)15-12(16(10)21)7-13(20)18(23)19(15)24/h5-7,14,20,23-24H,2-4H2,1H3. The smallest absolute Gasteiger partial charge is 0.201 e. The molecule has 0 heterocycles. The number of rotatable bonds is 1. The summed E-state index contributed by atoms with van der Waals surface area (Å²) in [5, 5.41) is 29.4. The molecule has 3 N–H and O–H groups in total. The van der Waals surface area contributed by atoms with Crippen LogP contribution in [0.3, 0.4) is 0 Å². The van der Waals surface area contributed by atoms with Crippen LogP contribution in [0, 0.1) is 0 Å². The van der Waals surface area contributed by atoms with Crippen LogP contribution < -0.4 is 0 Å². The fraction of sp³-hybridized carbons (Fsp3) is 0.263. The van der Waals surface area contributed by atoms with Crippen molar-refractivity contribution in [2.45, 2.75) is 25.4 Å². The summed E-state index contributed by atoms with van der Waals surface area (Å²) in [5.74, 6) is -3.24. The number of methoxy groups -OCH3 is 1. The van der Waals surface area contributed by atoms with Gasteiger partial charge in [0.2, 0.25) is 5.75 Å². The third-order valence-electron chi connectivity index (χ3n) is 5.04. The summed E-state index contributed by atoms with van der Waals surface area (Å²) in [6.45, 7) is 0. The van der Waals surface area contributed by atoms with Crippen LogP contribution in [0.25, 0.3) is 0 Å². The van der Waals surface area contributed by atoms with E-state index in [-0.39, 0.29) is 28.4 Å². The Morgan fingerprint density at radius 1 is 0.960 bits per heavy atom. The van der Waals surface area contributed by atoms with Crippen molar-refractivity contribution in [3.63, 3.8) is 0 Å². The minimum Gasteiger partial charge on any atom is -0.504 e. The Balaban J connectivity index is 1.97. The maximum atomic E-state index is 12.9. The molecule has 0 amide bonds. The van der Waals surface area contributed by atoms with Gasteiger partial charge in [0.25, 0.3) is 0 Å². The van der Waals surface area contributed by atoms with Crippen LogP contribution >= 0.6 is 0 Å². The van der Waals surface area contributed by atoms with Gasteiger partial charge in [0, 0.05) is 23.8 Å². The van der Waals surface area contributed by atoms with Crippen molar-refractivity contribution in [1.82, 2.24) is 0 Å². The van der Waals surface area contributed by atoms with E-state index in [0.29, 0.717) is 0 Å². The van der Waals surface area contributed by atoms with Gasteiger partial charge in [-0.3, -0.25) is 9.59 Å². The van der Waals surface area contributed by atoms with Crippen molar-refractivity contribution < 1.29 is 29.6 Å². The Hall–Kier alpha value is -2.86. The van der Waals surface area contributed by atoms with Crippen LogP contribution in [0.5, 0.6) is 17.2 Å². The van der Waals surface area contributed by atoms with Crippen molar-refractivity contribution in [1.29, 1.82) is 0 Å². The number of aryl methyl sites for hydroxylation is 1. The van der Waals surface area contributed by atoms with Gasteiger partial charge in [-0.2, -0.15) is 0 Å². The molecule has 2 aromatic carbocycles. The Morgan fingerprint density at radius 3 is 2.40 bits per heavy atom. The highest BCUT2D eigenvalue weighted by Crippen LogP contribution is 2.44. The number of ether oxygens (including phenoxy) is 1. The fourth-order valence-corrected chi connectivity index (χ4v) is 3.76. The fourth-order valence-electron chi connectivity index (χ4n) is 3.76. The van der Waals surface area contributed by atoms with E-state index in [1.165, 1.54) is 0 Å². The Bertz CT molecular complexity index is 944. The largest absolute Gasteiger partial charge is 0.504 e. The average Bonchev–Trinajstić information content (AvgIpc) is 2.62. The highest BCUT2D eigenvalue weighted by molar-refractivity contribution is 6.29. The predicted octanol–water partition coefficient (Wildman–Crippen LogP) is 2.60. The normalized spacial score (nSPS) is 18.5. The van der Waals surface area contributed by atoms with Gasteiger partial charge in [-0.05, 0) is 48.6 Å². The topological polar surface area (TPSA) is 104 Å². The SMILES string of the molecule is COC1CCCc2cc3c(cc21)C(=O)c1c(cc(O)c(O)c1O)C3=O. The number of phenolic OH excluding ortho intramolecular Hbond substituents is 3. The molecule has 0 bridgehead atoms. The zero-order valence-electron chi connectivity index (χ0n) is 13.5. The first-order valence-corrected chi connectivity index (χ1v) is 8.01. The van der Waals surface area contributed by atoms with Gasteiger partial charge in [0.15, 0.2) is 23.1 Å². The summed E-state index contributed by atoms with van der Waals surface area (Å²) in [5.41, 5.74) is 1.88. The van der Waals surface area contributed by atoms with Crippen molar-refractivity contribution in [3.8, 4) is 17.2 Å². The highest BCUT2D eigenvalue weighted by Gasteiger charge is 2.36. The zero-order valence-corrected chi connectivity index (χ0v) is 13.5. The Labute approximate surface area is 143 Å². The number of phenols is 3. The number of hydrogen-bond donors (Lipinski definition) is 3. The molecule has 6 heteroatoms. The lowest BCUT2D eigenvalue weighted by molar-refractivity contribution is 0.0875. The van der Waals surface area contributed by atoms with Gasteiger partial charge in [-0.25, -0.2) is 0 Å². The van der Waals surface area contributed by atoms with E-state index in [4.69, 9.17) is 4.74 Å². The molecule has 0 radical (unpaired) electrons. The molecule has 0 aromatic heterocycles. The molecular formula is C19H16O6. The van der Waals surface area contributed by atoms with Gasteiger partial charge in [-0.15, -0.1) is 0 Å². The summed E-state index contributed by atoms with van der Waals surface area (Å²) >= 11 is 0. The summed E-state index contributed by atoms with van der Waals surface area (Å²) in [4.78, 5) is 25.7. The second-order valence-corrected chi connectivity index (χ2v) is 6.39. The molecule has 2 aliphatic rings. The van der Waals surface area contributed by atoms with Gasteiger partial charge in [0.1, 0.15) is 0 Å². The Kier molecular flexibility index (Phi) is 3.33. The van der Waals surface area contributed by atoms with Gasteiger partial charge >= 0.3 is 0 Å². The quantitative estimate of drug-likeness (QED) is 0.588. The second-order valence-electron chi connectivity index (χ2n) is 6.39. The molecule has 0 spiro atoms. The van der Waals surface area contributed by atoms with E-state index < -0.39 is 28.8 Å². The van der Waals surface area contributed by atoms with Crippen molar-refractivity contribution in [3.05, 3.63) is 51.6 Å². The van der Waals surface area contributed by atoms with Crippen LogP contribution in [-0.4, -0.2) is 34.0 Å². The molecule has 25 heavy (non-hydrogen) atoms. The number of carbonyl (C=O) groups is 2. The van der Waals surface area contributed by atoms with E-state index in [1.54, 1.807) is 19.2 Å². The van der Waals surface area contributed by atoms with Crippen molar-refractivity contribution in [2.24, 2.45) is 0 Å². The number of hydrogen-bond acceptors (Lipinski definition) is 6. The molecule has 2 aliphatic carbocycles. The molecule has 6 nitrogen and oxygen atoms in total. The molecule has 4 rings (SSSR count). The van der Waals surface area contributed by atoms with Gasteiger partial charge < -0.3 is 20.1 Å². The molecule has 0 aliphatic heterocycles. The van der Waals surface area contributed by atoms with E-state index in [1.807, 2.05) is 0 Å². The molecule has 0 saturated carbocycles. The lowest BCUT2D eigenvalue weighted by Gasteiger charge is -2.27. The summed E-state index contributed by atoms with van der Waals surface area (Å²) in [7, 11) is 1.61. The highest BCUT2D eigenvalue weighted by atomic mass is 16.5. The zero-order chi connectivity index (χ0) is 17.9. The number of fused-ring (bicyclic) bond motifs is 3. The van der Waals surface area contributed by atoms with Crippen molar-refractivity contribution in [2.75, 3.05) is 7.11 Å². The number of ketones is 2. The molecule has 2 aromatic rings. The summed E-state index contributed by atoms with van der Waals surface area (Å²) < 4.78 is 5.48. The van der Waals surface area contributed by atoms with Crippen LogP contribution in [0.2, 0.25) is 0 Å². The van der Waals surface area contributed by atoms with Crippen LogP contribution in [-0.2, 0) is 11.2 Å².